The molecule has 2 atom stereocenters. The highest BCUT2D eigenvalue weighted by molar-refractivity contribution is 7.12. The average molecular weight is 255 g/mol. The second-order valence-corrected chi connectivity index (χ2v) is 4.92. The minimum absolute atomic E-state index is 0.128. The fraction of sp³-hybridized carbons (Fsp3) is 0.500. The van der Waals surface area contributed by atoms with E-state index in [0.29, 0.717) is 4.88 Å². The van der Waals surface area contributed by atoms with E-state index in [1.807, 2.05) is 19.2 Å². The number of nitrogens with one attached hydrogen (secondary N) is 1. The minimum atomic E-state index is -0.962. The van der Waals surface area contributed by atoms with Gasteiger partial charge in [0.1, 0.15) is 0 Å². The second-order valence-electron chi connectivity index (χ2n) is 3.97. The standard InChI is InChI=1S/C12H17NO3S/c1-3-8(2)13-9(7-11(14)15)12(16)10-5-4-6-17-10/h4-6,8-9,13H,3,7H2,1-2H3,(H,14,15). The van der Waals surface area contributed by atoms with Crippen molar-refractivity contribution in [3.8, 4) is 0 Å². The molecule has 94 valence electrons. The second kappa shape index (κ2) is 6.51. The Balaban J connectivity index is 2.75. The fourth-order valence-corrected chi connectivity index (χ4v) is 2.17. The van der Waals surface area contributed by atoms with Crippen molar-refractivity contribution in [2.45, 2.75) is 38.8 Å². The summed E-state index contributed by atoms with van der Waals surface area (Å²) in [5.74, 6) is -1.10. The SMILES string of the molecule is CCC(C)NC(CC(=O)O)C(=O)c1cccs1. The van der Waals surface area contributed by atoms with Crippen molar-refractivity contribution in [1.82, 2.24) is 5.32 Å². The maximum absolute atomic E-state index is 12.1. The zero-order valence-corrected chi connectivity index (χ0v) is 10.8. The number of thiophene rings is 1. The molecule has 0 spiro atoms. The molecule has 1 aromatic rings. The predicted molar refractivity (Wildman–Crippen MR) is 67.6 cm³/mol. The van der Waals surface area contributed by atoms with Crippen LogP contribution in [0.5, 0.6) is 0 Å². The predicted octanol–water partition coefficient (Wildman–Crippen LogP) is 2.16. The monoisotopic (exact) mass is 255 g/mol. The van der Waals surface area contributed by atoms with Crippen LogP contribution in [0.1, 0.15) is 36.4 Å². The number of rotatable bonds is 7. The summed E-state index contributed by atoms with van der Waals surface area (Å²) in [4.78, 5) is 23.4. The van der Waals surface area contributed by atoms with Gasteiger partial charge in [-0.3, -0.25) is 9.59 Å². The van der Waals surface area contributed by atoms with Gasteiger partial charge >= 0.3 is 5.97 Å². The first-order valence-electron chi connectivity index (χ1n) is 5.60. The van der Waals surface area contributed by atoms with Crippen molar-refractivity contribution in [1.29, 1.82) is 0 Å². The third-order valence-electron chi connectivity index (χ3n) is 2.56. The third kappa shape index (κ3) is 4.28. The first-order chi connectivity index (χ1) is 8.04. The van der Waals surface area contributed by atoms with Crippen LogP contribution in [0.3, 0.4) is 0 Å². The van der Waals surface area contributed by atoms with Crippen molar-refractivity contribution >= 4 is 23.1 Å². The first-order valence-corrected chi connectivity index (χ1v) is 6.48. The quantitative estimate of drug-likeness (QED) is 0.733. The summed E-state index contributed by atoms with van der Waals surface area (Å²) in [7, 11) is 0. The van der Waals surface area contributed by atoms with E-state index in [4.69, 9.17) is 5.11 Å². The Bertz CT molecular complexity index is 375. The Morgan fingerprint density at radius 3 is 2.71 bits per heavy atom. The Kier molecular flexibility index (Phi) is 5.31. The number of carbonyl (C=O) groups is 2. The lowest BCUT2D eigenvalue weighted by molar-refractivity contribution is -0.137. The maximum atomic E-state index is 12.1. The van der Waals surface area contributed by atoms with E-state index < -0.39 is 12.0 Å². The minimum Gasteiger partial charge on any atom is -0.481 e. The van der Waals surface area contributed by atoms with Crippen molar-refractivity contribution in [3.63, 3.8) is 0 Å². The molecular weight excluding hydrogens is 238 g/mol. The van der Waals surface area contributed by atoms with Crippen molar-refractivity contribution in [3.05, 3.63) is 22.4 Å². The highest BCUT2D eigenvalue weighted by atomic mass is 32.1. The zero-order chi connectivity index (χ0) is 12.8. The van der Waals surface area contributed by atoms with Gasteiger partial charge in [-0.25, -0.2) is 0 Å². The van der Waals surface area contributed by atoms with Crippen LogP contribution in [0.25, 0.3) is 0 Å². The van der Waals surface area contributed by atoms with E-state index in [9.17, 15) is 9.59 Å². The topological polar surface area (TPSA) is 66.4 Å². The highest BCUT2D eigenvalue weighted by Gasteiger charge is 2.24. The van der Waals surface area contributed by atoms with Crippen LogP contribution in [-0.4, -0.2) is 28.9 Å². The van der Waals surface area contributed by atoms with E-state index in [1.165, 1.54) is 11.3 Å². The number of carboxylic acids is 1. The van der Waals surface area contributed by atoms with E-state index in [-0.39, 0.29) is 18.2 Å². The maximum Gasteiger partial charge on any atom is 0.305 e. The molecule has 2 unspecified atom stereocenters. The fourth-order valence-electron chi connectivity index (χ4n) is 1.45. The Morgan fingerprint density at radius 1 is 1.53 bits per heavy atom. The molecule has 2 N–H and O–H groups in total. The number of carbonyl (C=O) groups excluding carboxylic acids is 1. The lowest BCUT2D eigenvalue weighted by Crippen LogP contribution is -2.43. The van der Waals surface area contributed by atoms with Gasteiger partial charge in [0.25, 0.3) is 0 Å². The van der Waals surface area contributed by atoms with Gasteiger partial charge < -0.3 is 10.4 Å². The van der Waals surface area contributed by atoms with Gasteiger partial charge in [-0.15, -0.1) is 11.3 Å². The summed E-state index contributed by atoms with van der Waals surface area (Å²) in [6.07, 6.45) is 0.676. The highest BCUT2D eigenvalue weighted by Crippen LogP contribution is 2.13. The van der Waals surface area contributed by atoms with E-state index in [0.717, 1.165) is 6.42 Å². The third-order valence-corrected chi connectivity index (χ3v) is 3.44. The molecule has 0 saturated carbocycles. The molecule has 0 amide bonds. The van der Waals surface area contributed by atoms with E-state index in [1.54, 1.807) is 12.1 Å². The first kappa shape index (κ1) is 13.9. The molecular formula is C12H17NO3S. The van der Waals surface area contributed by atoms with Crippen LogP contribution in [-0.2, 0) is 4.79 Å². The summed E-state index contributed by atoms with van der Waals surface area (Å²) < 4.78 is 0. The normalized spacial score (nSPS) is 14.2. The molecule has 0 aliphatic heterocycles. The van der Waals surface area contributed by atoms with E-state index >= 15 is 0 Å². The molecule has 0 saturated heterocycles. The lowest BCUT2D eigenvalue weighted by Gasteiger charge is -2.19. The smallest absolute Gasteiger partial charge is 0.305 e. The van der Waals surface area contributed by atoms with Gasteiger partial charge in [0.15, 0.2) is 5.78 Å². The number of ketones is 1. The van der Waals surface area contributed by atoms with Crippen LogP contribution < -0.4 is 5.32 Å². The van der Waals surface area contributed by atoms with Gasteiger partial charge in [-0.2, -0.15) is 0 Å². The van der Waals surface area contributed by atoms with Crippen LogP contribution in [0.15, 0.2) is 17.5 Å². The Labute approximate surface area is 105 Å². The number of hydrogen-bond acceptors (Lipinski definition) is 4. The molecule has 4 nitrogen and oxygen atoms in total. The summed E-state index contributed by atoms with van der Waals surface area (Å²) in [6, 6.07) is 3.00. The van der Waals surface area contributed by atoms with Crippen LogP contribution in [0.2, 0.25) is 0 Å². The molecule has 1 heterocycles. The van der Waals surface area contributed by atoms with Gasteiger partial charge in [-0.1, -0.05) is 13.0 Å². The molecule has 1 rings (SSSR count). The molecule has 0 fully saturated rings. The molecule has 0 bridgehead atoms. The molecule has 17 heavy (non-hydrogen) atoms. The molecule has 0 radical (unpaired) electrons. The van der Waals surface area contributed by atoms with Crippen LogP contribution >= 0.6 is 11.3 Å². The number of Topliss-reactive ketones (excluding diaryl/α,β-unsaturated/α-hetero) is 1. The van der Waals surface area contributed by atoms with E-state index in [2.05, 4.69) is 5.32 Å². The molecule has 0 aliphatic carbocycles. The number of hydrogen-bond donors (Lipinski definition) is 2. The average Bonchev–Trinajstić information content (AvgIpc) is 2.79. The summed E-state index contributed by atoms with van der Waals surface area (Å²) in [5.41, 5.74) is 0. The van der Waals surface area contributed by atoms with Gasteiger partial charge in [0.05, 0.1) is 17.3 Å². The van der Waals surface area contributed by atoms with Crippen LogP contribution in [0, 0.1) is 0 Å². The summed E-state index contributed by atoms with van der Waals surface area (Å²) >= 11 is 1.34. The Morgan fingerprint density at radius 2 is 2.24 bits per heavy atom. The molecule has 0 aromatic carbocycles. The zero-order valence-electron chi connectivity index (χ0n) is 9.97. The largest absolute Gasteiger partial charge is 0.481 e. The van der Waals surface area contributed by atoms with Gasteiger partial charge in [0.2, 0.25) is 0 Å². The Hall–Kier alpha value is -1.20. The summed E-state index contributed by atoms with van der Waals surface area (Å²) in [6.45, 7) is 3.93. The number of aliphatic carboxylic acids is 1. The van der Waals surface area contributed by atoms with Crippen molar-refractivity contribution < 1.29 is 14.7 Å². The van der Waals surface area contributed by atoms with Crippen molar-refractivity contribution in [2.75, 3.05) is 0 Å². The lowest BCUT2D eigenvalue weighted by atomic mass is 10.1. The van der Waals surface area contributed by atoms with Crippen LogP contribution in [0.4, 0.5) is 0 Å². The summed E-state index contributed by atoms with van der Waals surface area (Å²) in [5, 5.41) is 13.7. The van der Waals surface area contributed by atoms with Gasteiger partial charge in [-0.05, 0) is 24.8 Å². The van der Waals surface area contributed by atoms with Gasteiger partial charge in [0, 0.05) is 6.04 Å². The van der Waals surface area contributed by atoms with Crippen molar-refractivity contribution in [2.24, 2.45) is 0 Å². The molecule has 5 heteroatoms. The number of carboxylic acid groups (broad SMARTS) is 1. The molecule has 1 aromatic heterocycles. The molecule has 0 aliphatic rings.